The highest BCUT2D eigenvalue weighted by Crippen LogP contribution is 2.21. The molecule has 25 heavy (non-hydrogen) atoms. The van der Waals surface area contributed by atoms with E-state index >= 15 is 0 Å². The summed E-state index contributed by atoms with van der Waals surface area (Å²) >= 11 is 0. The molecule has 4 N–H and O–H groups in total. The lowest BCUT2D eigenvalue weighted by Gasteiger charge is -2.19. The average molecular weight is 342 g/mol. The van der Waals surface area contributed by atoms with Crippen LogP contribution in [0.4, 0.5) is 4.79 Å². The molecule has 0 bridgehead atoms. The summed E-state index contributed by atoms with van der Waals surface area (Å²) in [6.45, 7) is 2.20. The van der Waals surface area contributed by atoms with Crippen molar-refractivity contribution in [3.63, 3.8) is 0 Å². The normalized spacial score (nSPS) is 11.4. The maximum atomic E-state index is 12.3. The molecule has 0 saturated carbocycles. The first-order chi connectivity index (χ1) is 12.0. The highest BCUT2D eigenvalue weighted by atomic mass is 16.5. The number of nitrogens with one attached hydrogen (secondary N) is 2. The third-order valence-corrected chi connectivity index (χ3v) is 3.79. The number of hydrogen-bond acceptors (Lipinski definition) is 4. The van der Waals surface area contributed by atoms with Crippen molar-refractivity contribution in [1.82, 2.24) is 15.6 Å². The van der Waals surface area contributed by atoms with Gasteiger partial charge in [0.2, 0.25) is 11.8 Å². The number of carbonyl (C=O) groups excluding carboxylic acids is 2. The summed E-state index contributed by atoms with van der Waals surface area (Å²) < 4.78 is 5.16. The number of nitrogens with two attached hydrogens (primary N) is 1. The van der Waals surface area contributed by atoms with Crippen LogP contribution in [0.15, 0.2) is 42.6 Å². The lowest BCUT2D eigenvalue weighted by atomic mass is 9.98. The van der Waals surface area contributed by atoms with Crippen molar-refractivity contribution in [1.29, 1.82) is 0 Å². The number of nitrogens with zero attached hydrogens (tertiary/aromatic N) is 1. The summed E-state index contributed by atoms with van der Waals surface area (Å²) in [7, 11) is 1.53. The molecule has 1 heterocycles. The zero-order valence-corrected chi connectivity index (χ0v) is 14.3. The van der Waals surface area contributed by atoms with E-state index in [1.165, 1.54) is 7.11 Å². The Bertz CT molecular complexity index is 749. The number of aromatic nitrogens is 1. The highest BCUT2D eigenvalue weighted by molar-refractivity contribution is 5.79. The largest absolute Gasteiger partial charge is 0.481 e. The minimum absolute atomic E-state index is 0.0797. The standard InChI is InChI=1S/C18H22N4O3/c1-12-6-3-4-8-14(12)15(22-18(19)24)10-16(23)21-11-13-7-5-9-20-17(13)25-2/h3-9,15H,10-11H2,1-2H3,(H,21,23)(H3,19,22,24)/t15-/m0/s1. The third-order valence-electron chi connectivity index (χ3n) is 3.79. The molecule has 0 spiro atoms. The Hall–Kier alpha value is -3.09. The van der Waals surface area contributed by atoms with Gasteiger partial charge in [-0.1, -0.05) is 30.3 Å². The van der Waals surface area contributed by atoms with Gasteiger partial charge in [0.25, 0.3) is 0 Å². The SMILES string of the molecule is COc1ncccc1CNC(=O)C[C@H](NC(N)=O)c1ccccc1C. The lowest BCUT2D eigenvalue weighted by Crippen LogP contribution is -2.36. The van der Waals surface area contributed by atoms with Gasteiger partial charge in [-0.05, 0) is 24.1 Å². The number of primary amides is 1. The van der Waals surface area contributed by atoms with Gasteiger partial charge in [0.05, 0.1) is 19.6 Å². The number of methoxy groups -OCH3 is 1. The minimum atomic E-state index is -0.671. The van der Waals surface area contributed by atoms with E-state index in [4.69, 9.17) is 10.5 Å². The van der Waals surface area contributed by atoms with E-state index in [1.54, 1.807) is 12.3 Å². The van der Waals surface area contributed by atoms with Crippen LogP contribution in [0.1, 0.15) is 29.2 Å². The van der Waals surface area contributed by atoms with Crippen LogP contribution in [-0.4, -0.2) is 24.0 Å². The van der Waals surface area contributed by atoms with Gasteiger partial charge in [0.15, 0.2) is 0 Å². The van der Waals surface area contributed by atoms with Crippen molar-refractivity contribution >= 4 is 11.9 Å². The van der Waals surface area contributed by atoms with Crippen molar-refractivity contribution in [2.45, 2.75) is 25.9 Å². The van der Waals surface area contributed by atoms with Gasteiger partial charge in [0.1, 0.15) is 0 Å². The molecular formula is C18H22N4O3. The molecule has 0 aliphatic carbocycles. The van der Waals surface area contributed by atoms with E-state index in [0.29, 0.717) is 5.88 Å². The number of urea groups is 1. The molecule has 7 heteroatoms. The fourth-order valence-corrected chi connectivity index (χ4v) is 2.58. The zero-order valence-electron chi connectivity index (χ0n) is 14.3. The molecule has 1 aromatic heterocycles. The molecule has 7 nitrogen and oxygen atoms in total. The second-order valence-corrected chi connectivity index (χ2v) is 5.57. The van der Waals surface area contributed by atoms with E-state index in [-0.39, 0.29) is 18.9 Å². The third kappa shape index (κ3) is 5.20. The summed E-state index contributed by atoms with van der Waals surface area (Å²) in [5.41, 5.74) is 7.86. The molecule has 2 rings (SSSR count). The van der Waals surface area contributed by atoms with Gasteiger partial charge >= 0.3 is 6.03 Å². The summed E-state index contributed by atoms with van der Waals surface area (Å²) in [6, 6.07) is 9.98. The molecule has 0 aliphatic rings. The molecule has 132 valence electrons. The fourth-order valence-electron chi connectivity index (χ4n) is 2.58. The molecule has 1 atom stereocenters. The minimum Gasteiger partial charge on any atom is -0.481 e. The molecule has 0 fully saturated rings. The second-order valence-electron chi connectivity index (χ2n) is 5.57. The number of ether oxygens (including phenoxy) is 1. The van der Waals surface area contributed by atoms with Gasteiger partial charge in [0, 0.05) is 18.3 Å². The Morgan fingerprint density at radius 1 is 1.24 bits per heavy atom. The number of amides is 3. The van der Waals surface area contributed by atoms with E-state index in [0.717, 1.165) is 16.7 Å². The molecule has 0 unspecified atom stereocenters. The van der Waals surface area contributed by atoms with E-state index in [9.17, 15) is 9.59 Å². The smallest absolute Gasteiger partial charge is 0.312 e. The number of pyridine rings is 1. The number of benzene rings is 1. The fraction of sp³-hybridized carbons (Fsp3) is 0.278. The van der Waals surface area contributed by atoms with Crippen LogP contribution in [0.25, 0.3) is 0 Å². The Kier molecular flexibility index (Phi) is 6.33. The predicted octanol–water partition coefficient (Wildman–Crippen LogP) is 1.81. The van der Waals surface area contributed by atoms with E-state index in [1.807, 2.05) is 37.3 Å². The zero-order chi connectivity index (χ0) is 18.2. The molecule has 1 aromatic carbocycles. The summed E-state index contributed by atoms with van der Waals surface area (Å²) in [5, 5.41) is 5.45. The van der Waals surface area contributed by atoms with Crippen LogP contribution in [0.2, 0.25) is 0 Å². The van der Waals surface area contributed by atoms with Crippen molar-refractivity contribution in [3.05, 3.63) is 59.3 Å². The molecule has 0 aliphatic heterocycles. The van der Waals surface area contributed by atoms with Gasteiger partial charge in [-0.15, -0.1) is 0 Å². The number of rotatable bonds is 7. The van der Waals surface area contributed by atoms with Crippen molar-refractivity contribution in [3.8, 4) is 5.88 Å². The molecule has 0 saturated heterocycles. The van der Waals surface area contributed by atoms with Crippen LogP contribution in [0.3, 0.4) is 0 Å². The maximum absolute atomic E-state index is 12.3. The van der Waals surface area contributed by atoms with E-state index in [2.05, 4.69) is 15.6 Å². The Labute approximate surface area is 146 Å². The van der Waals surface area contributed by atoms with Crippen LogP contribution >= 0.6 is 0 Å². The van der Waals surface area contributed by atoms with Crippen molar-refractivity contribution in [2.24, 2.45) is 5.73 Å². The van der Waals surface area contributed by atoms with Gasteiger partial charge in [-0.25, -0.2) is 9.78 Å². The Morgan fingerprint density at radius 3 is 2.68 bits per heavy atom. The van der Waals surface area contributed by atoms with Gasteiger partial charge in [-0.2, -0.15) is 0 Å². The highest BCUT2D eigenvalue weighted by Gasteiger charge is 2.19. The molecule has 3 amide bonds. The number of aryl methyl sites for hydroxylation is 1. The molecule has 2 aromatic rings. The first-order valence-corrected chi connectivity index (χ1v) is 7.87. The summed E-state index contributed by atoms with van der Waals surface area (Å²) in [6.07, 6.45) is 1.70. The van der Waals surface area contributed by atoms with Crippen LogP contribution in [-0.2, 0) is 11.3 Å². The maximum Gasteiger partial charge on any atom is 0.312 e. The molecular weight excluding hydrogens is 320 g/mol. The van der Waals surface area contributed by atoms with Crippen molar-refractivity contribution in [2.75, 3.05) is 7.11 Å². The topological polar surface area (TPSA) is 106 Å². The average Bonchev–Trinajstić information content (AvgIpc) is 2.59. The lowest BCUT2D eigenvalue weighted by molar-refractivity contribution is -0.121. The first-order valence-electron chi connectivity index (χ1n) is 7.87. The number of carbonyl (C=O) groups is 2. The predicted molar refractivity (Wildman–Crippen MR) is 93.9 cm³/mol. The number of hydrogen-bond donors (Lipinski definition) is 3. The Balaban J connectivity index is 2.04. The van der Waals surface area contributed by atoms with Gasteiger partial charge in [-0.3, -0.25) is 4.79 Å². The monoisotopic (exact) mass is 342 g/mol. The van der Waals surface area contributed by atoms with Crippen LogP contribution < -0.4 is 21.1 Å². The Morgan fingerprint density at radius 2 is 2.00 bits per heavy atom. The second kappa shape index (κ2) is 8.68. The first kappa shape index (κ1) is 18.3. The van der Waals surface area contributed by atoms with Gasteiger partial charge < -0.3 is 21.1 Å². The summed E-state index contributed by atoms with van der Waals surface area (Å²) in [5.74, 6) is 0.251. The van der Waals surface area contributed by atoms with Crippen LogP contribution in [0.5, 0.6) is 5.88 Å². The van der Waals surface area contributed by atoms with Crippen LogP contribution in [0, 0.1) is 6.92 Å². The summed E-state index contributed by atoms with van der Waals surface area (Å²) in [4.78, 5) is 27.7. The quantitative estimate of drug-likeness (QED) is 0.713. The van der Waals surface area contributed by atoms with Crippen molar-refractivity contribution < 1.29 is 14.3 Å². The molecule has 0 radical (unpaired) electrons. The van der Waals surface area contributed by atoms with E-state index < -0.39 is 12.1 Å².